The maximum Gasteiger partial charge on any atom is 0.263 e. The zero-order valence-electron chi connectivity index (χ0n) is 12.2. The summed E-state index contributed by atoms with van der Waals surface area (Å²) in [6.45, 7) is -0.129. The first kappa shape index (κ1) is 14.6. The summed E-state index contributed by atoms with van der Waals surface area (Å²) >= 11 is 0. The van der Waals surface area contributed by atoms with Crippen molar-refractivity contribution < 1.29 is 9.53 Å². The lowest BCUT2D eigenvalue weighted by molar-refractivity contribution is -0.118. The van der Waals surface area contributed by atoms with Gasteiger partial charge in [0.05, 0.1) is 12.4 Å². The van der Waals surface area contributed by atoms with Crippen molar-refractivity contribution in [2.45, 2.75) is 0 Å². The minimum absolute atomic E-state index is 0.129. The highest BCUT2D eigenvalue weighted by Gasteiger charge is 2.05. The molecule has 0 saturated heterocycles. The van der Waals surface area contributed by atoms with Crippen LogP contribution in [0.1, 0.15) is 0 Å². The molecule has 0 aliphatic heterocycles. The fraction of sp³-hybridized carbons (Fsp3) is 0.0588. The van der Waals surface area contributed by atoms with Crippen LogP contribution < -0.4 is 10.1 Å². The van der Waals surface area contributed by atoms with Gasteiger partial charge < -0.3 is 10.1 Å². The number of amides is 1. The molecule has 2 aromatic heterocycles. The van der Waals surface area contributed by atoms with E-state index in [4.69, 9.17) is 4.74 Å². The summed E-state index contributed by atoms with van der Waals surface area (Å²) < 4.78 is 5.27. The number of aromatic nitrogens is 3. The Morgan fingerprint density at radius 2 is 1.74 bits per heavy atom. The molecule has 1 N–H and O–H groups in total. The fourth-order valence-electron chi connectivity index (χ4n) is 1.96. The van der Waals surface area contributed by atoms with Crippen molar-refractivity contribution in [2.24, 2.45) is 0 Å². The first-order valence-corrected chi connectivity index (χ1v) is 7.00. The van der Waals surface area contributed by atoms with Crippen LogP contribution in [0.3, 0.4) is 0 Å². The van der Waals surface area contributed by atoms with Crippen LogP contribution in [0.4, 0.5) is 5.82 Å². The third kappa shape index (κ3) is 4.10. The van der Waals surface area contributed by atoms with Gasteiger partial charge in [-0.05, 0) is 17.7 Å². The maximum atomic E-state index is 11.8. The first-order chi connectivity index (χ1) is 11.3. The summed E-state index contributed by atoms with van der Waals surface area (Å²) in [5, 5.41) is 2.67. The molecule has 0 aliphatic carbocycles. The SMILES string of the molecule is O=C(COc1cncnc1)Nc1ccc(-c2ccccc2)cn1. The number of carbonyl (C=O) groups is 1. The lowest BCUT2D eigenvalue weighted by Crippen LogP contribution is -2.20. The van der Waals surface area contributed by atoms with Crippen molar-refractivity contribution in [3.8, 4) is 16.9 Å². The van der Waals surface area contributed by atoms with E-state index in [0.717, 1.165) is 11.1 Å². The number of ether oxygens (including phenoxy) is 1. The molecule has 0 radical (unpaired) electrons. The first-order valence-electron chi connectivity index (χ1n) is 7.00. The van der Waals surface area contributed by atoms with Gasteiger partial charge in [0.2, 0.25) is 0 Å². The standard InChI is InChI=1S/C17H14N4O2/c22-17(11-23-15-9-18-12-19-10-15)21-16-7-6-14(8-20-16)13-4-2-1-3-5-13/h1-10,12H,11H2,(H,20,21,22). The number of pyridine rings is 1. The number of hydrogen-bond donors (Lipinski definition) is 1. The Morgan fingerprint density at radius 3 is 2.43 bits per heavy atom. The second-order valence-corrected chi connectivity index (χ2v) is 4.71. The normalized spacial score (nSPS) is 10.1. The van der Waals surface area contributed by atoms with E-state index in [0.29, 0.717) is 11.6 Å². The number of benzene rings is 1. The third-order valence-corrected chi connectivity index (χ3v) is 3.04. The molecule has 0 spiro atoms. The summed E-state index contributed by atoms with van der Waals surface area (Å²) in [6.07, 6.45) is 6.10. The van der Waals surface area contributed by atoms with E-state index in [-0.39, 0.29) is 12.5 Å². The van der Waals surface area contributed by atoms with E-state index in [9.17, 15) is 4.79 Å². The molecule has 114 valence electrons. The van der Waals surface area contributed by atoms with Gasteiger partial charge in [-0.25, -0.2) is 15.0 Å². The monoisotopic (exact) mass is 306 g/mol. The Labute approximate surface area is 133 Å². The highest BCUT2D eigenvalue weighted by Crippen LogP contribution is 2.18. The van der Waals surface area contributed by atoms with Gasteiger partial charge in [0, 0.05) is 11.8 Å². The molecule has 6 nitrogen and oxygen atoms in total. The van der Waals surface area contributed by atoms with Gasteiger partial charge in [0.25, 0.3) is 5.91 Å². The number of nitrogens with zero attached hydrogens (tertiary/aromatic N) is 3. The molecule has 1 aromatic carbocycles. The van der Waals surface area contributed by atoms with Crippen molar-refractivity contribution in [1.82, 2.24) is 15.0 Å². The van der Waals surface area contributed by atoms with Crippen LogP contribution in [0.15, 0.2) is 67.4 Å². The fourth-order valence-corrected chi connectivity index (χ4v) is 1.96. The quantitative estimate of drug-likeness (QED) is 0.784. The van der Waals surface area contributed by atoms with Gasteiger partial charge in [-0.2, -0.15) is 0 Å². The van der Waals surface area contributed by atoms with Crippen LogP contribution in [0, 0.1) is 0 Å². The van der Waals surface area contributed by atoms with Crippen molar-refractivity contribution in [3.05, 3.63) is 67.4 Å². The molecule has 0 fully saturated rings. The van der Waals surface area contributed by atoms with Crippen LogP contribution in [-0.2, 0) is 4.79 Å². The second kappa shape index (κ2) is 7.13. The Morgan fingerprint density at radius 1 is 0.957 bits per heavy atom. The molecule has 0 bridgehead atoms. The van der Waals surface area contributed by atoms with Gasteiger partial charge >= 0.3 is 0 Å². The molecule has 1 amide bonds. The van der Waals surface area contributed by atoms with Crippen LogP contribution in [0.25, 0.3) is 11.1 Å². The zero-order chi connectivity index (χ0) is 15.9. The average Bonchev–Trinajstić information content (AvgIpc) is 2.62. The smallest absolute Gasteiger partial charge is 0.263 e. The molecular formula is C17H14N4O2. The van der Waals surface area contributed by atoms with Crippen LogP contribution in [0.2, 0.25) is 0 Å². The van der Waals surface area contributed by atoms with E-state index in [1.807, 2.05) is 36.4 Å². The molecule has 23 heavy (non-hydrogen) atoms. The number of rotatable bonds is 5. The Balaban J connectivity index is 1.57. The maximum absolute atomic E-state index is 11.8. The summed E-state index contributed by atoms with van der Waals surface area (Å²) in [6, 6.07) is 13.6. The van der Waals surface area contributed by atoms with Crippen molar-refractivity contribution in [2.75, 3.05) is 11.9 Å². The molecule has 3 aromatic rings. The van der Waals surface area contributed by atoms with Gasteiger partial charge in [-0.1, -0.05) is 30.3 Å². The molecule has 0 saturated carbocycles. The Bertz CT molecular complexity index is 762. The van der Waals surface area contributed by atoms with E-state index in [2.05, 4.69) is 20.3 Å². The van der Waals surface area contributed by atoms with Crippen LogP contribution in [0.5, 0.6) is 5.75 Å². The third-order valence-electron chi connectivity index (χ3n) is 3.04. The Hall–Kier alpha value is -3.28. The number of carbonyl (C=O) groups excluding carboxylic acids is 1. The van der Waals surface area contributed by atoms with Gasteiger partial charge in [-0.3, -0.25) is 4.79 Å². The number of nitrogens with one attached hydrogen (secondary N) is 1. The lowest BCUT2D eigenvalue weighted by Gasteiger charge is -2.07. The predicted octanol–water partition coefficient (Wildman–Crippen LogP) is 2.56. The van der Waals surface area contributed by atoms with E-state index in [1.54, 1.807) is 12.3 Å². The molecule has 6 heteroatoms. The lowest BCUT2D eigenvalue weighted by atomic mass is 10.1. The van der Waals surface area contributed by atoms with E-state index < -0.39 is 0 Å². The summed E-state index contributed by atoms with van der Waals surface area (Å²) in [5.74, 6) is 0.617. The largest absolute Gasteiger partial charge is 0.481 e. The average molecular weight is 306 g/mol. The van der Waals surface area contributed by atoms with Crippen molar-refractivity contribution >= 4 is 11.7 Å². The number of anilines is 1. The van der Waals surface area contributed by atoms with Gasteiger partial charge in [-0.15, -0.1) is 0 Å². The highest BCUT2D eigenvalue weighted by molar-refractivity contribution is 5.91. The zero-order valence-corrected chi connectivity index (χ0v) is 12.2. The van der Waals surface area contributed by atoms with Crippen molar-refractivity contribution in [1.29, 1.82) is 0 Å². The van der Waals surface area contributed by atoms with Crippen LogP contribution >= 0.6 is 0 Å². The number of hydrogen-bond acceptors (Lipinski definition) is 5. The van der Waals surface area contributed by atoms with E-state index >= 15 is 0 Å². The minimum atomic E-state index is -0.297. The minimum Gasteiger partial charge on any atom is -0.481 e. The highest BCUT2D eigenvalue weighted by atomic mass is 16.5. The van der Waals surface area contributed by atoms with Crippen molar-refractivity contribution in [3.63, 3.8) is 0 Å². The molecule has 0 atom stereocenters. The molecule has 0 unspecified atom stereocenters. The summed E-state index contributed by atoms with van der Waals surface area (Å²) in [4.78, 5) is 23.7. The Kier molecular flexibility index (Phi) is 4.54. The summed E-state index contributed by atoms with van der Waals surface area (Å²) in [7, 11) is 0. The molecular weight excluding hydrogens is 292 g/mol. The summed E-state index contributed by atoms with van der Waals surface area (Å²) in [5.41, 5.74) is 2.06. The predicted molar refractivity (Wildman–Crippen MR) is 85.8 cm³/mol. The molecule has 2 heterocycles. The molecule has 3 rings (SSSR count). The topological polar surface area (TPSA) is 77.0 Å². The van der Waals surface area contributed by atoms with Crippen LogP contribution in [-0.4, -0.2) is 27.5 Å². The molecule has 0 aliphatic rings. The van der Waals surface area contributed by atoms with Gasteiger partial charge in [0.15, 0.2) is 12.4 Å². The van der Waals surface area contributed by atoms with E-state index in [1.165, 1.54) is 18.7 Å². The van der Waals surface area contributed by atoms with Gasteiger partial charge in [0.1, 0.15) is 12.1 Å². The second-order valence-electron chi connectivity index (χ2n) is 4.71.